The summed E-state index contributed by atoms with van der Waals surface area (Å²) in [5, 5.41) is 8.19. The first-order chi connectivity index (χ1) is 12.1. The van der Waals surface area contributed by atoms with Crippen molar-refractivity contribution >= 4 is 22.8 Å². The van der Waals surface area contributed by atoms with Crippen LogP contribution in [0.5, 0.6) is 0 Å². The molecule has 3 heterocycles. The van der Waals surface area contributed by atoms with Gasteiger partial charge in [-0.1, -0.05) is 17.3 Å². The highest BCUT2D eigenvalue weighted by Crippen LogP contribution is 2.16. The van der Waals surface area contributed by atoms with Crippen molar-refractivity contribution in [3.05, 3.63) is 42.0 Å². The van der Waals surface area contributed by atoms with Gasteiger partial charge in [0.15, 0.2) is 0 Å². The molecular weight excluding hydrogens is 322 g/mol. The Morgan fingerprint density at radius 2 is 2.04 bits per heavy atom. The number of rotatable bonds is 4. The van der Waals surface area contributed by atoms with E-state index in [0.717, 1.165) is 11.0 Å². The number of aromatic nitrogens is 5. The number of nitrogens with two attached hydrogens (primary N) is 1. The second-order valence-electron chi connectivity index (χ2n) is 5.94. The minimum Gasteiger partial charge on any atom is -0.364 e. The number of carbonyl (C=O) groups excluding carboxylic acids is 2. The Morgan fingerprint density at radius 3 is 2.88 bits per heavy atom. The van der Waals surface area contributed by atoms with Gasteiger partial charge in [0.2, 0.25) is 5.91 Å². The van der Waals surface area contributed by atoms with Crippen LogP contribution in [0.25, 0.3) is 11.0 Å². The summed E-state index contributed by atoms with van der Waals surface area (Å²) < 4.78 is 3.51. The van der Waals surface area contributed by atoms with Gasteiger partial charge in [0.25, 0.3) is 5.91 Å². The molecule has 0 saturated carbocycles. The van der Waals surface area contributed by atoms with Gasteiger partial charge in [0.1, 0.15) is 17.0 Å². The zero-order valence-electron chi connectivity index (χ0n) is 13.5. The van der Waals surface area contributed by atoms with Crippen molar-refractivity contribution in [2.45, 2.75) is 26.1 Å². The van der Waals surface area contributed by atoms with Gasteiger partial charge < -0.3 is 15.2 Å². The van der Waals surface area contributed by atoms with Crippen molar-refractivity contribution < 1.29 is 9.59 Å². The lowest BCUT2D eigenvalue weighted by molar-refractivity contribution is -0.133. The molecule has 9 nitrogen and oxygen atoms in total. The molecule has 0 saturated heterocycles. The van der Waals surface area contributed by atoms with Crippen LogP contribution in [0.1, 0.15) is 22.7 Å². The molecule has 2 aromatic heterocycles. The third-order valence-corrected chi connectivity index (χ3v) is 4.43. The lowest BCUT2D eigenvalue weighted by Gasteiger charge is -2.28. The first-order valence-electron chi connectivity index (χ1n) is 8.03. The van der Waals surface area contributed by atoms with E-state index in [2.05, 4.69) is 15.3 Å². The van der Waals surface area contributed by atoms with Crippen LogP contribution < -0.4 is 5.73 Å². The fraction of sp³-hybridized carbons (Fsp3) is 0.312. The molecule has 1 aliphatic rings. The number of primary amides is 1. The van der Waals surface area contributed by atoms with E-state index in [1.54, 1.807) is 14.1 Å². The van der Waals surface area contributed by atoms with Gasteiger partial charge in [-0.15, -0.1) is 5.10 Å². The number of fused-ring (bicyclic) bond motifs is 2. The Balaban J connectivity index is 1.43. The summed E-state index contributed by atoms with van der Waals surface area (Å²) in [7, 11) is 0. The molecular formula is C16H17N7O2. The number of benzene rings is 1. The Bertz CT molecular complexity index is 958. The number of para-hydroxylation sites is 1. The van der Waals surface area contributed by atoms with Crippen LogP contribution in [0, 0.1) is 0 Å². The van der Waals surface area contributed by atoms with E-state index in [4.69, 9.17) is 5.73 Å². The molecule has 4 rings (SSSR count). The lowest BCUT2D eigenvalue weighted by atomic mass is 10.2. The highest BCUT2D eigenvalue weighted by atomic mass is 16.2. The fourth-order valence-corrected chi connectivity index (χ4v) is 3.11. The van der Waals surface area contributed by atoms with Crippen molar-refractivity contribution in [1.82, 2.24) is 29.4 Å². The summed E-state index contributed by atoms with van der Waals surface area (Å²) in [6.45, 7) is 1.90. The van der Waals surface area contributed by atoms with Crippen molar-refractivity contribution in [2.24, 2.45) is 5.73 Å². The SMILES string of the molecule is NC(=O)c1cnc2n1CCN(C(=O)CCn1nnc3ccccc31)C2. The molecule has 128 valence electrons. The number of hydrogen-bond acceptors (Lipinski definition) is 5. The van der Waals surface area contributed by atoms with E-state index >= 15 is 0 Å². The van der Waals surface area contributed by atoms with Crippen molar-refractivity contribution in [3.8, 4) is 0 Å². The van der Waals surface area contributed by atoms with E-state index in [-0.39, 0.29) is 5.91 Å². The molecule has 2 N–H and O–H groups in total. The number of imidazole rings is 1. The summed E-state index contributed by atoms with van der Waals surface area (Å²) in [5.41, 5.74) is 7.44. The number of carbonyl (C=O) groups is 2. The van der Waals surface area contributed by atoms with Crippen molar-refractivity contribution in [1.29, 1.82) is 0 Å². The summed E-state index contributed by atoms with van der Waals surface area (Å²) >= 11 is 0. The third kappa shape index (κ3) is 2.73. The van der Waals surface area contributed by atoms with Gasteiger partial charge in [-0.2, -0.15) is 0 Å². The average molecular weight is 339 g/mol. The first kappa shape index (κ1) is 15.3. The van der Waals surface area contributed by atoms with Gasteiger partial charge in [0.05, 0.1) is 24.8 Å². The average Bonchev–Trinajstić information content (AvgIpc) is 3.23. The summed E-state index contributed by atoms with van der Waals surface area (Å²) in [6.07, 6.45) is 1.80. The molecule has 0 atom stereocenters. The van der Waals surface area contributed by atoms with Gasteiger partial charge in [-0.05, 0) is 12.1 Å². The number of nitrogens with zero attached hydrogens (tertiary/aromatic N) is 6. The van der Waals surface area contributed by atoms with Crippen LogP contribution in [0.2, 0.25) is 0 Å². The second-order valence-corrected chi connectivity index (χ2v) is 5.94. The molecule has 1 aromatic carbocycles. The first-order valence-corrected chi connectivity index (χ1v) is 8.03. The molecule has 0 aliphatic carbocycles. The topological polar surface area (TPSA) is 112 Å². The van der Waals surface area contributed by atoms with Crippen molar-refractivity contribution in [2.75, 3.05) is 6.54 Å². The highest BCUT2D eigenvalue weighted by molar-refractivity contribution is 5.91. The monoisotopic (exact) mass is 339 g/mol. The maximum atomic E-state index is 12.5. The van der Waals surface area contributed by atoms with E-state index in [1.807, 2.05) is 24.3 Å². The van der Waals surface area contributed by atoms with Crippen LogP contribution >= 0.6 is 0 Å². The largest absolute Gasteiger partial charge is 0.364 e. The van der Waals surface area contributed by atoms with Crippen LogP contribution in [0.4, 0.5) is 0 Å². The molecule has 2 amide bonds. The number of aryl methyl sites for hydroxylation is 1. The normalized spacial score (nSPS) is 13.8. The minimum atomic E-state index is -0.503. The van der Waals surface area contributed by atoms with E-state index in [0.29, 0.717) is 44.1 Å². The van der Waals surface area contributed by atoms with Crippen LogP contribution in [0.3, 0.4) is 0 Å². The Hall–Kier alpha value is -3.23. The molecule has 0 spiro atoms. The van der Waals surface area contributed by atoms with Crippen LogP contribution in [0.15, 0.2) is 30.5 Å². The van der Waals surface area contributed by atoms with Gasteiger partial charge in [-0.25, -0.2) is 9.67 Å². The second kappa shape index (κ2) is 6.00. The Labute approximate surface area is 143 Å². The number of hydrogen-bond donors (Lipinski definition) is 1. The summed E-state index contributed by atoms with van der Waals surface area (Å²) in [4.78, 5) is 29.8. The summed E-state index contributed by atoms with van der Waals surface area (Å²) in [6, 6.07) is 7.65. The van der Waals surface area contributed by atoms with Crippen LogP contribution in [-0.2, 0) is 24.4 Å². The van der Waals surface area contributed by atoms with Gasteiger partial charge in [-0.3, -0.25) is 9.59 Å². The Morgan fingerprint density at radius 1 is 1.20 bits per heavy atom. The molecule has 1 aliphatic heterocycles. The third-order valence-electron chi connectivity index (χ3n) is 4.43. The van der Waals surface area contributed by atoms with Crippen molar-refractivity contribution in [3.63, 3.8) is 0 Å². The molecule has 0 radical (unpaired) electrons. The Kier molecular flexibility index (Phi) is 3.68. The van der Waals surface area contributed by atoms with E-state index in [9.17, 15) is 9.59 Å². The zero-order valence-corrected chi connectivity index (χ0v) is 13.5. The molecule has 0 unspecified atom stereocenters. The summed E-state index contributed by atoms with van der Waals surface area (Å²) in [5.74, 6) is 0.200. The van der Waals surface area contributed by atoms with Gasteiger partial charge >= 0.3 is 0 Å². The molecule has 9 heteroatoms. The predicted molar refractivity (Wildman–Crippen MR) is 88.3 cm³/mol. The molecule has 25 heavy (non-hydrogen) atoms. The quantitative estimate of drug-likeness (QED) is 0.727. The maximum absolute atomic E-state index is 12.5. The molecule has 0 bridgehead atoms. The highest BCUT2D eigenvalue weighted by Gasteiger charge is 2.24. The minimum absolute atomic E-state index is 0.0226. The zero-order chi connectivity index (χ0) is 17.4. The predicted octanol–water partition coefficient (Wildman–Crippen LogP) is 0.159. The van der Waals surface area contributed by atoms with E-state index in [1.165, 1.54) is 6.20 Å². The van der Waals surface area contributed by atoms with Crippen LogP contribution in [-0.4, -0.2) is 47.8 Å². The maximum Gasteiger partial charge on any atom is 0.266 e. The standard InChI is InChI=1S/C16H17N7O2/c17-16(25)13-9-18-14-10-21(7-8-22(13)14)15(24)5-6-23-12-4-2-1-3-11(12)19-20-23/h1-4,9H,5-8,10H2,(H2,17,25). The number of amides is 2. The van der Waals surface area contributed by atoms with Gasteiger partial charge in [0, 0.05) is 19.5 Å². The fourth-order valence-electron chi connectivity index (χ4n) is 3.11. The van der Waals surface area contributed by atoms with E-state index < -0.39 is 5.91 Å². The molecule has 3 aromatic rings. The lowest BCUT2D eigenvalue weighted by Crippen LogP contribution is -2.39. The molecule has 0 fully saturated rings. The smallest absolute Gasteiger partial charge is 0.266 e.